The summed E-state index contributed by atoms with van der Waals surface area (Å²) >= 11 is 0. The van der Waals surface area contributed by atoms with Crippen molar-refractivity contribution in [3.8, 4) is 17.2 Å². The Kier molecular flexibility index (Phi) is 7.39. The van der Waals surface area contributed by atoms with Gasteiger partial charge in [-0.1, -0.05) is 18.2 Å². The first-order chi connectivity index (χ1) is 14.0. The second kappa shape index (κ2) is 10.2. The van der Waals surface area contributed by atoms with Crippen LogP contribution < -0.4 is 19.5 Å². The number of hydrogen-bond donors (Lipinski definition) is 1. The van der Waals surface area contributed by atoms with Gasteiger partial charge in [-0.2, -0.15) is 0 Å². The molecule has 1 fully saturated rings. The van der Waals surface area contributed by atoms with Crippen molar-refractivity contribution in [1.29, 1.82) is 0 Å². The van der Waals surface area contributed by atoms with Gasteiger partial charge in [-0.05, 0) is 67.9 Å². The number of ether oxygens (including phenoxy) is 3. The summed E-state index contributed by atoms with van der Waals surface area (Å²) in [5.41, 5.74) is 2.20. The largest absolute Gasteiger partial charge is 0.496 e. The highest BCUT2D eigenvalue weighted by Crippen LogP contribution is 2.30. The van der Waals surface area contributed by atoms with Gasteiger partial charge in [0.1, 0.15) is 23.9 Å². The van der Waals surface area contributed by atoms with Crippen LogP contribution in [0.3, 0.4) is 0 Å². The van der Waals surface area contributed by atoms with Gasteiger partial charge in [-0.25, -0.2) is 0 Å². The van der Waals surface area contributed by atoms with E-state index in [2.05, 4.69) is 5.32 Å². The maximum atomic E-state index is 11.1. The number of carbonyl (C=O) groups excluding carboxylic acids is 1. The Morgan fingerprint density at radius 1 is 1.10 bits per heavy atom. The molecule has 0 radical (unpaired) electrons. The molecule has 1 amide bonds. The molecule has 5 heteroatoms. The number of carbonyl (C=O) groups is 1. The summed E-state index contributed by atoms with van der Waals surface area (Å²) in [7, 11) is 1.67. The quantitative estimate of drug-likeness (QED) is 0.606. The Hall–Kier alpha value is -2.69. The Morgan fingerprint density at radius 3 is 2.48 bits per heavy atom. The van der Waals surface area contributed by atoms with Gasteiger partial charge in [0.2, 0.25) is 5.91 Å². The van der Waals surface area contributed by atoms with E-state index in [9.17, 15) is 4.79 Å². The molecule has 2 aromatic carbocycles. The van der Waals surface area contributed by atoms with Crippen molar-refractivity contribution in [3.63, 3.8) is 0 Å². The van der Waals surface area contributed by atoms with Crippen LogP contribution in [-0.4, -0.2) is 25.7 Å². The lowest BCUT2D eigenvalue weighted by molar-refractivity contribution is -0.119. The summed E-state index contributed by atoms with van der Waals surface area (Å²) in [6.07, 6.45) is 4.27. The molecule has 0 heterocycles. The monoisotopic (exact) mass is 397 g/mol. The van der Waals surface area contributed by atoms with Crippen LogP contribution in [0.15, 0.2) is 42.5 Å². The fourth-order valence-electron chi connectivity index (χ4n) is 3.16. The van der Waals surface area contributed by atoms with Gasteiger partial charge >= 0.3 is 0 Å². The van der Waals surface area contributed by atoms with Gasteiger partial charge in [0.25, 0.3) is 0 Å². The number of nitrogens with one attached hydrogen (secondary N) is 1. The van der Waals surface area contributed by atoms with Crippen molar-refractivity contribution >= 4 is 5.91 Å². The maximum Gasteiger partial charge on any atom is 0.217 e. The Labute approximate surface area is 173 Å². The Morgan fingerprint density at radius 2 is 1.83 bits per heavy atom. The minimum Gasteiger partial charge on any atom is -0.496 e. The van der Waals surface area contributed by atoms with E-state index in [0.717, 1.165) is 53.7 Å². The lowest BCUT2D eigenvalue weighted by atomic mass is 10.0. The molecular weight excluding hydrogens is 366 g/mol. The fourth-order valence-corrected chi connectivity index (χ4v) is 3.16. The second-order valence-corrected chi connectivity index (χ2v) is 7.80. The highest BCUT2D eigenvalue weighted by molar-refractivity contribution is 5.73. The molecule has 1 aliphatic carbocycles. The van der Waals surface area contributed by atoms with Gasteiger partial charge < -0.3 is 19.5 Å². The number of amides is 1. The van der Waals surface area contributed by atoms with Crippen molar-refractivity contribution < 1.29 is 19.0 Å². The molecular formula is C24H31NO4. The van der Waals surface area contributed by atoms with E-state index >= 15 is 0 Å². The standard InChI is InChI=1S/C24H31NO4/c1-17(25-18(2)26)4-9-21-10-13-23(14-24(21)27-3)29-16-20-7-11-22(12-8-20)28-15-19-5-6-19/h7-8,10-14,17,19H,4-6,9,15-16H2,1-3H3,(H,25,26)/t17-/m0/s1. The molecule has 2 aromatic rings. The predicted molar refractivity (Wildman–Crippen MR) is 114 cm³/mol. The molecule has 1 saturated carbocycles. The first-order valence-electron chi connectivity index (χ1n) is 10.3. The molecule has 1 atom stereocenters. The molecule has 156 valence electrons. The number of aryl methyl sites for hydroxylation is 1. The Bertz CT molecular complexity index is 799. The summed E-state index contributed by atoms with van der Waals surface area (Å²) in [5.74, 6) is 3.25. The third-order valence-electron chi connectivity index (χ3n) is 5.07. The van der Waals surface area contributed by atoms with Crippen molar-refractivity contribution in [2.75, 3.05) is 13.7 Å². The molecule has 0 unspecified atom stereocenters. The van der Waals surface area contributed by atoms with Gasteiger partial charge in [0.05, 0.1) is 13.7 Å². The van der Waals surface area contributed by atoms with Crippen molar-refractivity contribution in [3.05, 3.63) is 53.6 Å². The van der Waals surface area contributed by atoms with Crippen LogP contribution in [0, 0.1) is 5.92 Å². The van der Waals surface area contributed by atoms with Gasteiger partial charge in [-0.3, -0.25) is 4.79 Å². The zero-order valence-corrected chi connectivity index (χ0v) is 17.6. The number of methoxy groups -OCH3 is 1. The minimum absolute atomic E-state index is 0.00396. The topological polar surface area (TPSA) is 56.8 Å². The van der Waals surface area contributed by atoms with Crippen LogP contribution in [0.5, 0.6) is 17.2 Å². The molecule has 0 aromatic heterocycles. The lowest BCUT2D eigenvalue weighted by Gasteiger charge is -2.15. The SMILES string of the molecule is COc1cc(OCc2ccc(OCC3CC3)cc2)ccc1CC[C@H](C)NC(C)=O. The average molecular weight is 398 g/mol. The molecule has 3 rings (SSSR count). The van der Waals surface area contributed by atoms with Crippen LogP contribution in [-0.2, 0) is 17.8 Å². The summed E-state index contributed by atoms with van der Waals surface area (Å²) in [6, 6.07) is 14.1. The fraction of sp³-hybridized carbons (Fsp3) is 0.458. The summed E-state index contributed by atoms with van der Waals surface area (Å²) in [6.45, 7) is 4.86. The molecule has 1 N–H and O–H groups in total. The van der Waals surface area contributed by atoms with Crippen LogP contribution >= 0.6 is 0 Å². The number of benzene rings is 2. The van der Waals surface area contributed by atoms with Crippen molar-refractivity contribution in [1.82, 2.24) is 5.32 Å². The molecule has 1 aliphatic rings. The molecule has 0 bridgehead atoms. The molecule has 29 heavy (non-hydrogen) atoms. The minimum atomic E-state index is -0.00396. The predicted octanol–water partition coefficient (Wildman–Crippen LogP) is 4.52. The first kappa shape index (κ1) is 21.0. The molecule has 0 spiro atoms. The molecule has 0 saturated heterocycles. The lowest BCUT2D eigenvalue weighted by Crippen LogP contribution is -2.30. The van der Waals surface area contributed by atoms with E-state index in [4.69, 9.17) is 14.2 Å². The van der Waals surface area contributed by atoms with Crippen molar-refractivity contribution in [2.24, 2.45) is 5.92 Å². The third-order valence-corrected chi connectivity index (χ3v) is 5.07. The smallest absolute Gasteiger partial charge is 0.217 e. The van der Waals surface area contributed by atoms with Gasteiger partial charge in [-0.15, -0.1) is 0 Å². The van der Waals surface area contributed by atoms with E-state index in [1.165, 1.54) is 19.8 Å². The van der Waals surface area contributed by atoms with Gasteiger partial charge in [0, 0.05) is 19.0 Å². The normalized spacial score (nSPS) is 14.2. The highest BCUT2D eigenvalue weighted by atomic mass is 16.5. The Balaban J connectivity index is 1.50. The van der Waals surface area contributed by atoms with E-state index in [1.54, 1.807) is 7.11 Å². The first-order valence-corrected chi connectivity index (χ1v) is 10.3. The molecule has 5 nitrogen and oxygen atoms in total. The van der Waals surface area contributed by atoms with Crippen LogP contribution in [0.25, 0.3) is 0 Å². The average Bonchev–Trinajstić information content (AvgIpc) is 3.54. The van der Waals surface area contributed by atoms with E-state index < -0.39 is 0 Å². The zero-order chi connectivity index (χ0) is 20.6. The van der Waals surface area contributed by atoms with Crippen molar-refractivity contribution in [2.45, 2.75) is 52.2 Å². The summed E-state index contributed by atoms with van der Waals surface area (Å²) < 4.78 is 17.2. The zero-order valence-electron chi connectivity index (χ0n) is 17.6. The second-order valence-electron chi connectivity index (χ2n) is 7.80. The highest BCUT2D eigenvalue weighted by Gasteiger charge is 2.21. The summed E-state index contributed by atoms with van der Waals surface area (Å²) in [4.78, 5) is 11.1. The molecule has 0 aliphatic heterocycles. The maximum absolute atomic E-state index is 11.1. The number of hydrogen-bond acceptors (Lipinski definition) is 4. The van der Waals surface area contributed by atoms with Crippen LogP contribution in [0.4, 0.5) is 0 Å². The number of rotatable bonds is 11. The summed E-state index contributed by atoms with van der Waals surface area (Å²) in [5, 5.41) is 2.91. The van der Waals surface area contributed by atoms with Gasteiger partial charge in [0.15, 0.2) is 0 Å². The van der Waals surface area contributed by atoms with Crippen LogP contribution in [0.2, 0.25) is 0 Å². The van der Waals surface area contributed by atoms with E-state index in [0.29, 0.717) is 6.61 Å². The van der Waals surface area contributed by atoms with E-state index in [1.807, 2.05) is 49.4 Å². The van der Waals surface area contributed by atoms with E-state index in [-0.39, 0.29) is 11.9 Å². The third kappa shape index (κ3) is 7.00. The van der Waals surface area contributed by atoms with Crippen LogP contribution in [0.1, 0.15) is 44.2 Å².